The molecule has 3 rings (SSSR count). The fraction of sp³-hybridized carbons (Fsp3) is 0.320. The Bertz CT molecular complexity index is 1100. The van der Waals surface area contributed by atoms with Crippen molar-refractivity contribution in [1.29, 1.82) is 0 Å². The molecule has 1 N–H and O–H groups in total. The molecule has 7 nitrogen and oxygen atoms in total. The highest BCUT2D eigenvalue weighted by molar-refractivity contribution is 6.03. The number of nitrogens with zero attached hydrogens (tertiary/aromatic N) is 3. The number of amides is 2. The second kappa shape index (κ2) is 10.1. The Morgan fingerprint density at radius 3 is 2.31 bits per heavy atom. The number of para-hydroxylation sites is 1. The van der Waals surface area contributed by atoms with Crippen molar-refractivity contribution >= 4 is 17.6 Å². The number of nitrogens with one attached hydrogen (secondary N) is 1. The van der Waals surface area contributed by atoms with Crippen molar-refractivity contribution in [3.63, 3.8) is 0 Å². The lowest BCUT2D eigenvalue weighted by Gasteiger charge is -2.19. The molecule has 2 amide bonds. The van der Waals surface area contributed by atoms with Gasteiger partial charge in [-0.3, -0.25) is 9.59 Å². The summed E-state index contributed by atoms with van der Waals surface area (Å²) < 4.78 is 7.42. The van der Waals surface area contributed by atoms with E-state index in [1.165, 1.54) is 6.20 Å². The van der Waals surface area contributed by atoms with Crippen molar-refractivity contribution in [2.75, 3.05) is 25.0 Å². The number of anilines is 1. The van der Waals surface area contributed by atoms with Crippen LogP contribution in [0.3, 0.4) is 0 Å². The molecular weight excluding hydrogens is 404 g/mol. The topological polar surface area (TPSA) is 76.5 Å². The largest absolute Gasteiger partial charge is 0.483 e. The summed E-state index contributed by atoms with van der Waals surface area (Å²) in [4.78, 5) is 27.6. The first-order chi connectivity index (χ1) is 15.4. The van der Waals surface area contributed by atoms with Crippen LogP contribution in [0.4, 0.5) is 5.82 Å². The first-order valence-electron chi connectivity index (χ1n) is 10.8. The van der Waals surface area contributed by atoms with E-state index in [1.54, 1.807) is 9.58 Å². The van der Waals surface area contributed by atoms with Gasteiger partial charge in [0.05, 0.1) is 11.9 Å². The van der Waals surface area contributed by atoms with E-state index in [0.717, 1.165) is 22.4 Å². The van der Waals surface area contributed by atoms with E-state index >= 15 is 0 Å². The van der Waals surface area contributed by atoms with Crippen LogP contribution in [-0.2, 0) is 4.79 Å². The molecule has 2 aromatic carbocycles. The van der Waals surface area contributed by atoms with Gasteiger partial charge in [0, 0.05) is 13.1 Å². The Hall–Kier alpha value is -3.61. The molecule has 0 radical (unpaired) electrons. The Labute approximate surface area is 189 Å². The van der Waals surface area contributed by atoms with E-state index in [-0.39, 0.29) is 18.4 Å². The summed E-state index contributed by atoms with van der Waals surface area (Å²) >= 11 is 0. The number of hydrogen-bond acceptors (Lipinski definition) is 4. The fourth-order valence-electron chi connectivity index (χ4n) is 3.52. The predicted octanol–water partition coefficient (Wildman–Crippen LogP) is 4.30. The molecule has 0 saturated carbocycles. The van der Waals surface area contributed by atoms with E-state index in [4.69, 9.17) is 4.74 Å². The predicted molar refractivity (Wildman–Crippen MR) is 126 cm³/mol. The number of benzene rings is 2. The normalized spacial score (nSPS) is 10.7. The lowest BCUT2D eigenvalue weighted by molar-refractivity contribution is -0.118. The monoisotopic (exact) mass is 434 g/mol. The molecule has 168 valence electrons. The van der Waals surface area contributed by atoms with Crippen molar-refractivity contribution in [2.45, 2.75) is 34.6 Å². The van der Waals surface area contributed by atoms with Crippen molar-refractivity contribution in [3.05, 3.63) is 70.9 Å². The van der Waals surface area contributed by atoms with Crippen molar-refractivity contribution in [1.82, 2.24) is 14.7 Å². The molecule has 1 heterocycles. The number of hydrogen-bond donors (Lipinski definition) is 1. The minimum atomic E-state index is -0.364. The van der Waals surface area contributed by atoms with E-state index in [0.29, 0.717) is 30.2 Å². The molecule has 0 fully saturated rings. The fourth-order valence-corrected chi connectivity index (χ4v) is 3.52. The Balaban J connectivity index is 1.88. The van der Waals surface area contributed by atoms with Gasteiger partial charge >= 0.3 is 0 Å². The second-order valence-electron chi connectivity index (χ2n) is 7.62. The van der Waals surface area contributed by atoms with E-state index in [1.807, 2.05) is 77.1 Å². The van der Waals surface area contributed by atoms with Crippen LogP contribution < -0.4 is 10.1 Å². The molecule has 0 atom stereocenters. The molecule has 3 aromatic rings. The summed E-state index contributed by atoms with van der Waals surface area (Å²) in [5.74, 6) is 0.492. The molecule has 1 aromatic heterocycles. The number of aromatic nitrogens is 2. The zero-order chi connectivity index (χ0) is 23.3. The number of ether oxygens (including phenoxy) is 1. The highest BCUT2D eigenvalue weighted by atomic mass is 16.5. The number of carbonyl (C=O) groups is 2. The highest BCUT2D eigenvalue weighted by Gasteiger charge is 2.23. The van der Waals surface area contributed by atoms with Gasteiger partial charge in [-0.15, -0.1) is 0 Å². The Kier molecular flexibility index (Phi) is 7.30. The van der Waals surface area contributed by atoms with Gasteiger partial charge in [0.25, 0.3) is 11.8 Å². The van der Waals surface area contributed by atoms with Gasteiger partial charge < -0.3 is 15.0 Å². The van der Waals surface area contributed by atoms with Crippen LogP contribution in [0.1, 0.15) is 40.9 Å². The van der Waals surface area contributed by atoms with Gasteiger partial charge in [-0.1, -0.05) is 30.3 Å². The van der Waals surface area contributed by atoms with Gasteiger partial charge in [0.2, 0.25) is 0 Å². The van der Waals surface area contributed by atoms with Gasteiger partial charge in [-0.2, -0.15) is 5.10 Å². The maximum absolute atomic E-state index is 13.1. The van der Waals surface area contributed by atoms with Crippen LogP contribution in [-0.4, -0.2) is 46.2 Å². The smallest absolute Gasteiger partial charge is 0.263 e. The third-order valence-electron chi connectivity index (χ3n) is 5.53. The summed E-state index contributed by atoms with van der Waals surface area (Å²) in [7, 11) is 0. The summed E-state index contributed by atoms with van der Waals surface area (Å²) in [5.41, 5.74) is 4.15. The third-order valence-corrected chi connectivity index (χ3v) is 5.53. The number of carbonyl (C=O) groups excluding carboxylic acids is 2. The van der Waals surface area contributed by atoms with Crippen LogP contribution in [0.15, 0.2) is 48.7 Å². The standard InChI is InChI=1S/C25H30N4O3/c1-6-28(7-2)25(31)21-15-26-29(20-11-9-8-10-12-20)24(21)27-22(30)16-32-23-18(4)14-13-17(3)19(23)5/h8-15H,6-7,16H2,1-5H3,(H,27,30). The average Bonchev–Trinajstić information content (AvgIpc) is 3.21. The van der Waals surface area contributed by atoms with Crippen molar-refractivity contribution in [2.24, 2.45) is 0 Å². The minimum Gasteiger partial charge on any atom is -0.483 e. The molecule has 7 heteroatoms. The van der Waals surface area contributed by atoms with Gasteiger partial charge in [-0.25, -0.2) is 4.68 Å². The first kappa shape index (κ1) is 23.1. The molecule has 0 aliphatic rings. The molecule has 32 heavy (non-hydrogen) atoms. The summed E-state index contributed by atoms with van der Waals surface area (Å²) in [6.45, 7) is 10.7. The van der Waals surface area contributed by atoms with E-state index in [2.05, 4.69) is 10.4 Å². The number of aryl methyl sites for hydroxylation is 2. The van der Waals surface area contributed by atoms with Crippen LogP contribution in [0.25, 0.3) is 5.69 Å². The van der Waals surface area contributed by atoms with Crippen LogP contribution in [0.5, 0.6) is 5.75 Å². The molecule has 0 aliphatic carbocycles. The minimum absolute atomic E-state index is 0.177. The van der Waals surface area contributed by atoms with Crippen molar-refractivity contribution < 1.29 is 14.3 Å². The molecule has 0 spiro atoms. The lowest BCUT2D eigenvalue weighted by Crippen LogP contribution is -2.31. The zero-order valence-electron chi connectivity index (χ0n) is 19.3. The summed E-state index contributed by atoms with van der Waals surface area (Å²) in [5, 5.41) is 7.24. The lowest BCUT2D eigenvalue weighted by atomic mass is 10.1. The van der Waals surface area contributed by atoms with Crippen molar-refractivity contribution in [3.8, 4) is 11.4 Å². The van der Waals surface area contributed by atoms with Gasteiger partial charge in [-0.05, 0) is 63.4 Å². The van der Waals surface area contributed by atoms with Crippen LogP contribution in [0.2, 0.25) is 0 Å². The summed E-state index contributed by atoms with van der Waals surface area (Å²) in [6, 6.07) is 13.4. The van der Waals surface area contributed by atoms with Gasteiger partial charge in [0.1, 0.15) is 17.1 Å². The van der Waals surface area contributed by atoms with E-state index < -0.39 is 0 Å². The SMILES string of the molecule is CCN(CC)C(=O)c1cnn(-c2ccccc2)c1NC(=O)COc1c(C)ccc(C)c1C. The molecule has 0 unspecified atom stereocenters. The highest BCUT2D eigenvalue weighted by Crippen LogP contribution is 2.26. The average molecular weight is 435 g/mol. The summed E-state index contributed by atoms with van der Waals surface area (Å²) in [6.07, 6.45) is 1.50. The number of rotatable bonds is 8. The molecule has 0 bridgehead atoms. The third kappa shape index (κ3) is 4.82. The quantitative estimate of drug-likeness (QED) is 0.574. The second-order valence-corrected chi connectivity index (χ2v) is 7.62. The Morgan fingerprint density at radius 1 is 1.00 bits per heavy atom. The molecular formula is C25H30N4O3. The Morgan fingerprint density at radius 2 is 1.66 bits per heavy atom. The molecule has 0 saturated heterocycles. The van der Waals surface area contributed by atoms with Gasteiger partial charge in [0.15, 0.2) is 6.61 Å². The van der Waals surface area contributed by atoms with Crippen LogP contribution in [0, 0.1) is 20.8 Å². The zero-order valence-corrected chi connectivity index (χ0v) is 19.3. The van der Waals surface area contributed by atoms with Crippen LogP contribution >= 0.6 is 0 Å². The molecule has 0 aliphatic heterocycles. The first-order valence-corrected chi connectivity index (χ1v) is 10.8. The maximum Gasteiger partial charge on any atom is 0.263 e. The van der Waals surface area contributed by atoms with E-state index in [9.17, 15) is 9.59 Å². The maximum atomic E-state index is 13.1.